The Labute approximate surface area is 149 Å². The minimum absolute atomic E-state index is 0.0794. The zero-order valence-corrected chi connectivity index (χ0v) is 14.2. The Kier molecular flexibility index (Phi) is 4.94. The van der Waals surface area contributed by atoms with Crippen LogP contribution in [0.3, 0.4) is 0 Å². The number of aromatic nitrogens is 1. The third kappa shape index (κ3) is 4.22. The monoisotopic (exact) mass is 371 g/mol. The van der Waals surface area contributed by atoms with Gasteiger partial charge in [0, 0.05) is 29.3 Å². The van der Waals surface area contributed by atoms with Gasteiger partial charge in [-0.1, -0.05) is 6.07 Å². The molecule has 0 aliphatic carbocycles. The van der Waals surface area contributed by atoms with Crippen LogP contribution in [0.2, 0.25) is 0 Å². The number of hydrogen-bond donors (Lipinski definition) is 2. The molecule has 0 aliphatic heterocycles. The summed E-state index contributed by atoms with van der Waals surface area (Å²) in [6, 6.07) is 13.8. The lowest BCUT2D eigenvalue weighted by molar-refractivity contribution is 0.102. The smallest absolute Gasteiger partial charge is 0.261 e. The highest BCUT2D eigenvalue weighted by Gasteiger charge is 2.16. The first-order valence-corrected chi connectivity index (χ1v) is 9.02. The lowest BCUT2D eigenvalue weighted by Crippen LogP contribution is -2.16. The largest absolute Gasteiger partial charge is 0.322 e. The van der Waals surface area contributed by atoms with Crippen LogP contribution in [-0.4, -0.2) is 19.3 Å². The predicted molar refractivity (Wildman–Crippen MR) is 95.8 cm³/mol. The number of halogens is 1. The maximum absolute atomic E-state index is 12.9. The van der Waals surface area contributed by atoms with Crippen LogP contribution >= 0.6 is 0 Å². The van der Waals surface area contributed by atoms with E-state index < -0.39 is 21.7 Å². The molecule has 1 aromatic heterocycles. The number of pyridine rings is 1. The van der Waals surface area contributed by atoms with E-state index in [-0.39, 0.29) is 16.1 Å². The molecule has 2 aromatic carbocycles. The van der Waals surface area contributed by atoms with Crippen molar-refractivity contribution < 1.29 is 17.6 Å². The molecule has 0 unspecified atom stereocenters. The molecule has 0 saturated carbocycles. The second-order valence-corrected chi connectivity index (χ2v) is 7.01. The fourth-order valence-electron chi connectivity index (χ4n) is 2.18. The second-order valence-electron chi connectivity index (χ2n) is 5.33. The molecule has 3 rings (SSSR count). The van der Waals surface area contributed by atoms with Crippen molar-refractivity contribution in [1.29, 1.82) is 0 Å². The first-order valence-electron chi connectivity index (χ1n) is 7.54. The van der Waals surface area contributed by atoms with Crippen LogP contribution in [0.25, 0.3) is 0 Å². The Morgan fingerprint density at radius 3 is 2.31 bits per heavy atom. The third-order valence-electron chi connectivity index (χ3n) is 3.44. The molecule has 8 heteroatoms. The van der Waals surface area contributed by atoms with Crippen LogP contribution in [0.1, 0.15) is 10.4 Å². The highest BCUT2D eigenvalue weighted by molar-refractivity contribution is 7.92. The standard InChI is InChI=1S/C18H14FN3O3S/c19-14-4-6-16(7-5-14)22-26(24,25)17-3-1-2-13(12-17)18(23)21-15-8-10-20-11-9-15/h1-12,22H,(H,20,21,23). The number of rotatable bonds is 5. The van der Waals surface area contributed by atoms with E-state index in [1.165, 1.54) is 48.8 Å². The van der Waals surface area contributed by atoms with Gasteiger partial charge in [-0.2, -0.15) is 0 Å². The summed E-state index contributed by atoms with van der Waals surface area (Å²) in [5.74, 6) is -0.919. The number of hydrogen-bond acceptors (Lipinski definition) is 4. The summed E-state index contributed by atoms with van der Waals surface area (Å²) in [6.07, 6.45) is 3.06. The van der Waals surface area contributed by atoms with Gasteiger partial charge in [-0.3, -0.25) is 14.5 Å². The highest BCUT2D eigenvalue weighted by atomic mass is 32.2. The molecule has 2 N–H and O–H groups in total. The van der Waals surface area contributed by atoms with Crippen molar-refractivity contribution in [3.8, 4) is 0 Å². The number of nitrogens with zero attached hydrogens (tertiary/aromatic N) is 1. The Balaban J connectivity index is 1.81. The molecular weight excluding hydrogens is 357 g/mol. The van der Waals surface area contributed by atoms with Crippen molar-refractivity contribution in [1.82, 2.24) is 4.98 Å². The first-order chi connectivity index (χ1) is 12.4. The van der Waals surface area contributed by atoms with E-state index in [0.29, 0.717) is 5.69 Å². The predicted octanol–water partition coefficient (Wildman–Crippen LogP) is 3.27. The second kappa shape index (κ2) is 7.32. The molecular formula is C18H14FN3O3S. The number of carbonyl (C=O) groups is 1. The van der Waals surface area contributed by atoms with Gasteiger partial charge in [0.15, 0.2) is 0 Å². The van der Waals surface area contributed by atoms with E-state index in [1.807, 2.05) is 0 Å². The van der Waals surface area contributed by atoms with Gasteiger partial charge in [0.25, 0.3) is 15.9 Å². The van der Waals surface area contributed by atoms with E-state index in [1.54, 1.807) is 12.1 Å². The Morgan fingerprint density at radius 1 is 0.923 bits per heavy atom. The molecule has 26 heavy (non-hydrogen) atoms. The van der Waals surface area contributed by atoms with Crippen molar-refractivity contribution in [3.63, 3.8) is 0 Å². The fraction of sp³-hybridized carbons (Fsp3) is 0. The number of anilines is 2. The summed E-state index contributed by atoms with van der Waals surface area (Å²) >= 11 is 0. The highest BCUT2D eigenvalue weighted by Crippen LogP contribution is 2.18. The van der Waals surface area contributed by atoms with Crippen molar-refractivity contribution in [2.24, 2.45) is 0 Å². The molecule has 0 bridgehead atoms. The van der Waals surface area contributed by atoms with Crippen molar-refractivity contribution >= 4 is 27.3 Å². The number of benzene rings is 2. The van der Waals surface area contributed by atoms with Gasteiger partial charge in [-0.05, 0) is 54.6 Å². The van der Waals surface area contributed by atoms with Gasteiger partial charge in [-0.25, -0.2) is 12.8 Å². The number of carbonyl (C=O) groups excluding carboxylic acids is 1. The fourth-order valence-corrected chi connectivity index (χ4v) is 3.28. The SMILES string of the molecule is O=C(Nc1ccncc1)c1cccc(S(=O)(=O)Nc2ccc(F)cc2)c1. The van der Waals surface area contributed by atoms with Gasteiger partial charge in [0.05, 0.1) is 4.90 Å². The molecule has 1 amide bonds. The van der Waals surface area contributed by atoms with Gasteiger partial charge in [0.2, 0.25) is 0 Å². The van der Waals surface area contributed by atoms with Crippen molar-refractivity contribution in [2.75, 3.05) is 10.0 Å². The van der Waals surface area contributed by atoms with E-state index in [9.17, 15) is 17.6 Å². The van der Waals surface area contributed by atoms with Crippen LogP contribution in [0.5, 0.6) is 0 Å². The van der Waals surface area contributed by atoms with E-state index in [4.69, 9.17) is 0 Å². The molecule has 0 aliphatic rings. The minimum Gasteiger partial charge on any atom is -0.322 e. The zero-order valence-electron chi connectivity index (χ0n) is 13.4. The molecule has 3 aromatic rings. The molecule has 0 atom stereocenters. The lowest BCUT2D eigenvalue weighted by atomic mass is 10.2. The molecule has 6 nitrogen and oxygen atoms in total. The molecule has 0 spiro atoms. The summed E-state index contributed by atoms with van der Waals surface area (Å²) < 4.78 is 40.2. The van der Waals surface area contributed by atoms with Crippen LogP contribution in [0.15, 0.2) is 78.0 Å². The average Bonchev–Trinajstić information content (AvgIpc) is 2.64. The summed E-state index contributed by atoms with van der Waals surface area (Å²) in [6.45, 7) is 0. The minimum atomic E-state index is -3.92. The average molecular weight is 371 g/mol. The molecule has 132 valence electrons. The summed E-state index contributed by atoms with van der Waals surface area (Å²) in [5.41, 5.74) is 0.949. The number of amides is 1. The van der Waals surface area contributed by atoms with Gasteiger partial charge < -0.3 is 5.32 Å². The van der Waals surface area contributed by atoms with Crippen LogP contribution in [0.4, 0.5) is 15.8 Å². The van der Waals surface area contributed by atoms with E-state index in [2.05, 4.69) is 15.0 Å². The summed E-state index contributed by atoms with van der Waals surface area (Å²) in [7, 11) is -3.92. The Bertz CT molecular complexity index is 1020. The molecule has 0 radical (unpaired) electrons. The molecule has 0 fully saturated rings. The van der Waals surface area contributed by atoms with Crippen LogP contribution in [-0.2, 0) is 10.0 Å². The topological polar surface area (TPSA) is 88.2 Å². The Morgan fingerprint density at radius 2 is 1.62 bits per heavy atom. The number of sulfonamides is 1. The Hall–Kier alpha value is -3.26. The quantitative estimate of drug-likeness (QED) is 0.720. The maximum Gasteiger partial charge on any atom is 0.261 e. The molecule has 1 heterocycles. The maximum atomic E-state index is 12.9. The van der Waals surface area contributed by atoms with E-state index in [0.717, 1.165) is 12.1 Å². The van der Waals surface area contributed by atoms with Crippen molar-refractivity contribution in [3.05, 3.63) is 84.4 Å². The normalized spacial score (nSPS) is 11.0. The molecule has 0 saturated heterocycles. The van der Waals surface area contributed by atoms with Gasteiger partial charge in [-0.15, -0.1) is 0 Å². The van der Waals surface area contributed by atoms with Gasteiger partial charge in [0.1, 0.15) is 5.82 Å². The van der Waals surface area contributed by atoms with Crippen molar-refractivity contribution in [2.45, 2.75) is 4.90 Å². The van der Waals surface area contributed by atoms with Crippen LogP contribution in [0, 0.1) is 5.82 Å². The lowest BCUT2D eigenvalue weighted by Gasteiger charge is -2.10. The first kappa shape index (κ1) is 17.6. The third-order valence-corrected chi connectivity index (χ3v) is 4.82. The number of nitrogens with one attached hydrogen (secondary N) is 2. The zero-order chi connectivity index (χ0) is 18.6. The summed E-state index contributed by atoms with van der Waals surface area (Å²) in [4.78, 5) is 16.1. The summed E-state index contributed by atoms with van der Waals surface area (Å²) in [5, 5.41) is 2.66. The van der Waals surface area contributed by atoms with Gasteiger partial charge >= 0.3 is 0 Å². The van der Waals surface area contributed by atoms with E-state index >= 15 is 0 Å². The van der Waals surface area contributed by atoms with Crippen LogP contribution < -0.4 is 10.0 Å².